The smallest absolute Gasteiger partial charge is 0.126 e. The Bertz CT molecular complexity index is 842. The van der Waals surface area contributed by atoms with Crippen molar-refractivity contribution in [3.8, 4) is 0 Å². The lowest BCUT2D eigenvalue weighted by atomic mass is 9.33. The summed E-state index contributed by atoms with van der Waals surface area (Å²) in [4.78, 5) is 12.6. The molecule has 0 aromatic heterocycles. The van der Waals surface area contributed by atoms with Crippen molar-refractivity contribution in [1.82, 2.24) is 0 Å². The first-order chi connectivity index (χ1) is 15.4. The van der Waals surface area contributed by atoms with E-state index >= 15 is 0 Å². The zero-order valence-corrected chi connectivity index (χ0v) is 22.8. The molecule has 186 valence electrons. The number of carbonyl (C=O) groups excluding carboxylic acids is 1. The van der Waals surface area contributed by atoms with E-state index in [4.69, 9.17) is 4.74 Å². The Kier molecular flexibility index (Phi) is 5.43. The van der Waals surface area contributed by atoms with Gasteiger partial charge in [0.1, 0.15) is 6.29 Å². The standard InChI is InChI=1S/C31H50O2/c1-20-11-16-31(19-32)18-17-29(6)22(26(31)21(20)2)9-10-24-28(5)14-13-25(33-8)27(3,4)23(28)12-15-30(24,29)7/h9,19-21,23-26H,10-18H2,1-8H3/t20-,21+,23+,24-,25+,26+,28+,29-,30-,31-/m1/s1. The first-order valence-electron chi connectivity index (χ1n) is 14.1. The molecule has 5 aliphatic rings. The number of hydrogen-bond acceptors (Lipinski definition) is 2. The average Bonchev–Trinajstić information content (AvgIpc) is 2.76. The van der Waals surface area contributed by atoms with Gasteiger partial charge < -0.3 is 9.53 Å². The van der Waals surface area contributed by atoms with Crippen LogP contribution in [0.4, 0.5) is 0 Å². The van der Waals surface area contributed by atoms with Crippen LogP contribution in [-0.2, 0) is 9.53 Å². The Balaban J connectivity index is 1.59. The third kappa shape index (κ3) is 2.85. The maximum atomic E-state index is 12.6. The van der Waals surface area contributed by atoms with Crippen LogP contribution < -0.4 is 0 Å². The summed E-state index contributed by atoms with van der Waals surface area (Å²) < 4.78 is 6.03. The van der Waals surface area contributed by atoms with Gasteiger partial charge in [0, 0.05) is 12.5 Å². The van der Waals surface area contributed by atoms with Crippen molar-refractivity contribution < 1.29 is 9.53 Å². The molecular weight excluding hydrogens is 404 g/mol. The van der Waals surface area contributed by atoms with E-state index in [9.17, 15) is 4.79 Å². The highest BCUT2D eigenvalue weighted by Gasteiger charge is 2.68. The number of fused-ring (bicyclic) bond motifs is 7. The minimum atomic E-state index is -0.0971. The zero-order chi connectivity index (χ0) is 24.0. The summed E-state index contributed by atoms with van der Waals surface area (Å²) >= 11 is 0. The normalized spacial score (nSPS) is 55.3. The van der Waals surface area contributed by atoms with Crippen molar-refractivity contribution in [3.63, 3.8) is 0 Å². The lowest BCUT2D eigenvalue weighted by molar-refractivity contribution is -0.207. The number of allylic oxidation sites excluding steroid dienone is 2. The van der Waals surface area contributed by atoms with Gasteiger partial charge in [-0.1, -0.05) is 60.1 Å². The zero-order valence-electron chi connectivity index (χ0n) is 22.8. The molecule has 0 aliphatic heterocycles. The maximum absolute atomic E-state index is 12.6. The fourth-order valence-corrected chi connectivity index (χ4v) is 11.2. The lowest BCUT2D eigenvalue weighted by Crippen LogP contribution is -2.65. The molecule has 33 heavy (non-hydrogen) atoms. The predicted octanol–water partition coefficient (Wildman–Crippen LogP) is 7.86. The Morgan fingerprint density at radius 3 is 2.30 bits per heavy atom. The van der Waals surface area contributed by atoms with Gasteiger partial charge in [0.2, 0.25) is 0 Å². The summed E-state index contributed by atoms with van der Waals surface area (Å²) in [6, 6.07) is 0. The van der Waals surface area contributed by atoms with Gasteiger partial charge in [0.25, 0.3) is 0 Å². The van der Waals surface area contributed by atoms with Crippen molar-refractivity contribution in [3.05, 3.63) is 11.6 Å². The molecule has 0 amide bonds. The largest absolute Gasteiger partial charge is 0.381 e. The van der Waals surface area contributed by atoms with Crippen LogP contribution in [0.15, 0.2) is 11.6 Å². The summed E-state index contributed by atoms with van der Waals surface area (Å²) in [7, 11) is 1.92. The first-order valence-corrected chi connectivity index (χ1v) is 14.1. The van der Waals surface area contributed by atoms with Crippen LogP contribution >= 0.6 is 0 Å². The highest BCUT2D eigenvalue weighted by atomic mass is 16.5. The van der Waals surface area contributed by atoms with Crippen molar-refractivity contribution >= 4 is 6.29 Å². The topological polar surface area (TPSA) is 26.3 Å². The van der Waals surface area contributed by atoms with E-state index in [2.05, 4.69) is 54.5 Å². The van der Waals surface area contributed by atoms with Gasteiger partial charge in [-0.2, -0.15) is 0 Å². The predicted molar refractivity (Wildman–Crippen MR) is 136 cm³/mol. The number of aldehydes is 1. The van der Waals surface area contributed by atoms with Crippen molar-refractivity contribution in [2.24, 2.45) is 56.7 Å². The molecule has 10 atom stereocenters. The van der Waals surface area contributed by atoms with Crippen LogP contribution in [0.25, 0.3) is 0 Å². The van der Waals surface area contributed by atoms with Gasteiger partial charge in [-0.15, -0.1) is 0 Å². The number of rotatable bonds is 2. The van der Waals surface area contributed by atoms with Gasteiger partial charge in [-0.3, -0.25) is 0 Å². The number of carbonyl (C=O) groups is 1. The molecule has 0 radical (unpaired) electrons. The molecule has 0 saturated heterocycles. The van der Waals surface area contributed by atoms with E-state index < -0.39 is 0 Å². The molecule has 5 rings (SSSR count). The average molecular weight is 455 g/mol. The molecule has 4 fully saturated rings. The lowest BCUT2D eigenvalue weighted by Gasteiger charge is -2.71. The summed E-state index contributed by atoms with van der Waals surface area (Å²) in [5, 5.41) is 0. The van der Waals surface area contributed by atoms with E-state index in [1.165, 1.54) is 51.2 Å². The molecule has 2 nitrogen and oxygen atoms in total. The van der Waals surface area contributed by atoms with Crippen molar-refractivity contribution in [2.75, 3.05) is 7.11 Å². The monoisotopic (exact) mass is 454 g/mol. The van der Waals surface area contributed by atoms with Crippen molar-refractivity contribution in [1.29, 1.82) is 0 Å². The highest BCUT2D eigenvalue weighted by molar-refractivity contribution is 5.63. The quantitative estimate of drug-likeness (QED) is 0.313. The van der Waals surface area contributed by atoms with E-state index in [1.54, 1.807) is 5.57 Å². The maximum Gasteiger partial charge on any atom is 0.126 e. The summed E-state index contributed by atoms with van der Waals surface area (Å²) in [5.41, 5.74) is 2.77. The van der Waals surface area contributed by atoms with E-state index in [0.717, 1.165) is 30.6 Å². The molecular formula is C31H50O2. The Morgan fingerprint density at radius 1 is 0.909 bits per heavy atom. The second-order valence-electron chi connectivity index (χ2n) is 14.6. The van der Waals surface area contributed by atoms with Gasteiger partial charge in [0.05, 0.1) is 6.10 Å². The first kappa shape index (κ1) is 24.1. The molecule has 0 bridgehead atoms. The second kappa shape index (κ2) is 7.44. The third-order valence-corrected chi connectivity index (χ3v) is 13.5. The van der Waals surface area contributed by atoms with E-state index in [1.807, 2.05) is 7.11 Å². The number of methoxy groups -OCH3 is 1. The number of ether oxygens (including phenoxy) is 1. The molecule has 2 heteroatoms. The van der Waals surface area contributed by atoms with E-state index in [-0.39, 0.29) is 16.2 Å². The Hall–Kier alpha value is -0.630. The van der Waals surface area contributed by atoms with Crippen molar-refractivity contribution in [2.45, 2.75) is 112 Å². The second-order valence-corrected chi connectivity index (χ2v) is 14.6. The number of hydrogen-bond donors (Lipinski definition) is 0. The minimum Gasteiger partial charge on any atom is -0.381 e. The molecule has 0 N–H and O–H groups in total. The van der Waals surface area contributed by atoms with E-state index in [0.29, 0.717) is 28.8 Å². The van der Waals surface area contributed by atoms with Gasteiger partial charge >= 0.3 is 0 Å². The fourth-order valence-electron chi connectivity index (χ4n) is 11.2. The van der Waals surface area contributed by atoms with Crippen LogP contribution in [0.1, 0.15) is 106 Å². The van der Waals surface area contributed by atoms with Crippen LogP contribution in [-0.4, -0.2) is 19.5 Å². The molecule has 0 spiro atoms. The summed E-state index contributed by atoms with van der Waals surface area (Å²) in [6.45, 7) is 17.8. The molecule has 0 aromatic rings. The molecule has 5 aliphatic carbocycles. The molecule has 0 aromatic carbocycles. The molecule has 0 heterocycles. The van der Waals surface area contributed by atoms with Crippen LogP contribution in [0.3, 0.4) is 0 Å². The molecule has 0 unspecified atom stereocenters. The fraction of sp³-hybridized carbons (Fsp3) is 0.903. The van der Waals surface area contributed by atoms with Gasteiger partial charge in [-0.05, 0) is 109 Å². The van der Waals surface area contributed by atoms with Crippen LogP contribution in [0.5, 0.6) is 0 Å². The third-order valence-electron chi connectivity index (χ3n) is 13.5. The highest BCUT2D eigenvalue weighted by Crippen LogP contribution is 2.75. The SMILES string of the molecule is CO[C@H]1CC[C@]2(C)[C@H]3CC=C4[C@@H]5[C@@H](C)[C@H](C)CC[C@]5(C=O)CC[C@@]4(C)[C@]3(C)CC[C@H]2C1(C)C. The minimum absolute atomic E-state index is 0.0971. The summed E-state index contributed by atoms with van der Waals surface area (Å²) in [6.07, 6.45) is 15.5. The van der Waals surface area contributed by atoms with Gasteiger partial charge in [0.15, 0.2) is 0 Å². The molecule has 4 saturated carbocycles. The van der Waals surface area contributed by atoms with Crippen LogP contribution in [0, 0.1) is 56.7 Å². The van der Waals surface area contributed by atoms with Gasteiger partial charge in [-0.25, -0.2) is 0 Å². The summed E-state index contributed by atoms with van der Waals surface area (Å²) in [5.74, 6) is 3.25. The van der Waals surface area contributed by atoms with Crippen LogP contribution in [0.2, 0.25) is 0 Å². The Morgan fingerprint density at radius 2 is 1.64 bits per heavy atom. The Labute approximate surface area is 203 Å².